The van der Waals surface area contributed by atoms with Crippen LogP contribution < -0.4 is 0 Å². The van der Waals surface area contributed by atoms with E-state index < -0.39 is 18.9 Å². The maximum atomic E-state index is 12.8. The summed E-state index contributed by atoms with van der Waals surface area (Å²) in [5, 5.41) is 0. The summed E-state index contributed by atoms with van der Waals surface area (Å²) in [5.74, 6) is -0.321. The predicted molar refractivity (Wildman–Crippen MR) is 85.5 cm³/mol. The Morgan fingerprint density at radius 3 is 1.86 bits per heavy atom. The van der Waals surface area contributed by atoms with E-state index >= 15 is 0 Å². The van der Waals surface area contributed by atoms with E-state index in [4.69, 9.17) is 10.7 Å². The predicted octanol–water partition coefficient (Wildman–Crippen LogP) is 3.57. The van der Waals surface area contributed by atoms with Crippen LogP contribution in [0.15, 0.2) is 63.2 Å². The van der Waals surface area contributed by atoms with Crippen molar-refractivity contribution in [2.75, 3.05) is 0 Å². The topological polar surface area (TPSA) is 68.3 Å². The van der Waals surface area contributed by atoms with Gasteiger partial charge in [0.25, 0.3) is 9.05 Å². The molecule has 2 aromatic carbocycles. The van der Waals surface area contributed by atoms with Gasteiger partial charge >= 0.3 is 0 Å². The van der Waals surface area contributed by atoms with Crippen molar-refractivity contribution < 1.29 is 16.8 Å². The Hall–Kier alpha value is -1.37. The first-order valence-electron chi connectivity index (χ1n) is 6.53. The van der Waals surface area contributed by atoms with Crippen LogP contribution in [0.3, 0.4) is 0 Å². The number of benzene rings is 2. The lowest BCUT2D eigenvalue weighted by molar-refractivity contribution is 0.592. The van der Waals surface area contributed by atoms with E-state index in [-0.39, 0.29) is 26.2 Å². The van der Waals surface area contributed by atoms with Gasteiger partial charge in [-0.05, 0) is 35.7 Å². The lowest BCUT2D eigenvalue weighted by Crippen LogP contribution is -2.10. The van der Waals surface area contributed by atoms with Crippen molar-refractivity contribution in [1.82, 2.24) is 0 Å². The van der Waals surface area contributed by atoms with Crippen LogP contribution in [0.1, 0.15) is 25.3 Å². The highest BCUT2D eigenvalue weighted by Crippen LogP contribution is 2.34. The first-order chi connectivity index (χ1) is 10.2. The molecule has 2 aromatic rings. The highest BCUT2D eigenvalue weighted by atomic mass is 35.7. The van der Waals surface area contributed by atoms with Gasteiger partial charge in [0.2, 0.25) is 9.84 Å². The first-order valence-corrected chi connectivity index (χ1v) is 10.3. The summed E-state index contributed by atoms with van der Waals surface area (Å²) in [5.41, 5.74) is 0.210. The smallest absolute Gasteiger partial charge is 0.219 e. The van der Waals surface area contributed by atoms with E-state index in [9.17, 15) is 16.8 Å². The second-order valence-electron chi connectivity index (χ2n) is 5.08. The molecule has 0 atom stereocenters. The van der Waals surface area contributed by atoms with E-state index in [1.807, 2.05) is 0 Å². The molecule has 0 unspecified atom stereocenters. The molecule has 0 aliphatic rings. The van der Waals surface area contributed by atoms with E-state index in [0.717, 1.165) is 0 Å². The zero-order chi connectivity index (χ0) is 16.5. The van der Waals surface area contributed by atoms with Crippen LogP contribution in [-0.2, 0) is 18.9 Å². The van der Waals surface area contributed by atoms with Gasteiger partial charge < -0.3 is 0 Å². The Kier molecular flexibility index (Phi) is 4.65. The summed E-state index contributed by atoms with van der Waals surface area (Å²) in [7, 11) is -2.40. The van der Waals surface area contributed by atoms with Gasteiger partial charge in [-0.25, -0.2) is 16.8 Å². The molecule has 7 heteroatoms. The Morgan fingerprint density at radius 1 is 0.818 bits per heavy atom. The molecule has 0 fully saturated rings. The fourth-order valence-electron chi connectivity index (χ4n) is 2.27. The van der Waals surface area contributed by atoms with Crippen molar-refractivity contribution in [1.29, 1.82) is 0 Å². The molecule has 0 heterocycles. The maximum absolute atomic E-state index is 12.8. The molecule has 4 nitrogen and oxygen atoms in total. The van der Waals surface area contributed by atoms with Gasteiger partial charge in [0.05, 0.1) is 14.7 Å². The average Bonchev–Trinajstić information content (AvgIpc) is 2.46. The molecule has 0 bridgehead atoms. The monoisotopic (exact) mass is 358 g/mol. The van der Waals surface area contributed by atoms with E-state index in [1.54, 1.807) is 32.0 Å². The van der Waals surface area contributed by atoms with Gasteiger partial charge in [-0.2, -0.15) is 0 Å². The first kappa shape index (κ1) is 17.0. The molecule has 0 saturated carbocycles. The molecule has 0 spiro atoms. The SMILES string of the molecule is CC(C)c1c(S(=O)(=O)Cl)cccc1S(=O)(=O)c1ccccc1. The number of hydrogen-bond acceptors (Lipinski definition) is 4. The van der Waals surface area contributed by atoms with Gasteiger partial charge in [0, 0.05) is 10.7 Å². The van der Waals surface area contributed by atoms with Crippen molar-refractivity contribution in [3.63, 3.8) is 0 Å². The number of halogens is 1. The minimum Gasteiger partial charge on any atom is -0.219 e. The summed E-state index contributed by atoms with van der Waals surface area (Å²) in [4.78, 5) is -0.0855. The molecule has 0 N–H and O–H groups in total. The lowest BCUT2D eigenvalue weighted by Gasteiger charge is -2.16. The molecule has 0 aromatic heterocycles. The Morgan fingerprint density at radius 2 is 1.36 bits per heavy atom. The van der Waals surface area contributed by atoms with Crippen molar-refractivity contribution >= 4 is 29.6 Å². The normalized spacial score (nSPS) is 12.5. The largest absolute Gasteiger partial charge is 0.261 e. The van der Waals surface area contributed by atoms with Crippen LogP contribution in [0.4, 0.5) is 0 Å². The standard InChI is InChI=1S/C15H15ClO4S2/c1-11(2)15-13(9-6-10-14(15)22(16,19)20)21(17,18)12-7-4-3-5-8-12/h3-11H,1-2H3. The number of rotatable bonds is 4. The Bertz CT molecular complexity index is 886. The number of sulfone groups is 1. The second kappa shape index (κ2) is 6.02. The highest BCUT2D eigenvalue weighted by Gasteiger charge is 2.28. The summed E-state index contributed by atoms with van der Waals surface area (Å²) in [6.45, 7) is 3.45. The van der Waals surface area contributed by atoms with Crippen molar-refractivity contribution in [3.05, 3.63) is 54.1 Å². The van der Waals surface area contributed by atoms with Gasteiger partial charge in [-0.15, -0.1) is 0 Å². The van der Waals surface area contributed by atoms with Crippen LogP contribution in [0.2, 0.25) is 0 Å². The Labute approximate surface area is 135 Å². The van der Waals surface area contributed by atoms with Gasteiger partial charge in [0.1, 0.15) is 0 Å². The second-order valence-corrected chi connectivity index (χ2v) is 9.53. The summed E-state index contributed by atoms with van der Waals surface area (Å²) < 4.78 is 49.1. The average molecular weight is 359 g/mol. The molecular weight excluding hydrogens is 344 g/mol. The molecule has 0 aliphatic heterocycles. The van der Waals surface area contributed by atoms with Gasteiger partial charge in [0.15, 0.2) is 0 Å². The minimum atomic E-state index is -4.04. The molecule has 0 saturated heterocycles. The summed E-state index contributed by atoms with van der Waals surface area (Å²) in [6.07, 6.45) is 0. The molecular formula is C15H15ClO4S2. The zero-order valence-electron chi connectivity index (χ0n) is 12.0. The maximum Gasteiger partial charge on any atom is 0.261 e. The Balaban J connectivity index is 2.83. The molecule has 0 radical (unpaired) electrons. The van der Waals surface area contributed by atoms with Crippen LogP contribution in [0, 0.1) is 0 Å². The third kappa shape index (κ3) is 3.19. The number of hydrogen-bond donors (Lipinski definition) is 0. The molecule has 22 heavy (non-hydrogen) atoms. The van der Waals surface area contributed by atoms with Crippen molar-refractivity contribution in [2.24, 2.45) is 0 Å². The fourth-order valence-corrected chi connectivity index (χ4v) is 5.25. The van der Waals surface area contributed by atoms with Gasteiger partial charge in [-0.3, -0.25) is 0 Å². The van der Waals surface area contributed by atoms with Crippen LogP contribution in [0.5, 0.6) is 0 Å². The van der Waals surface area contributed by atoms with E-state index in [1.165, 1.54) is 30.3 Å². The molecule has 0 aliphatic carbocycles. The third-order valence-electron chi connectivity index (χ3n) is 3.21. The minimum absolute atomic E-state index is 0.0320. The van der Waals surface area contributed by atoms with Crippen molar-refractivity contribution in [2.45, 2.75) is 34.5 Å². The summed E-state index contributed by atoms with van der Waals surface area (Å²) >= 11 is 0. The quantitative estimate of drug-likeness (QED) is 0.783. The molecule has 118 valence electrons. The summed E-state index contributed by atoms with van der Waals surface area (Å²) in [6, 6.07) is 12.0. The highest BCUT2D eigenvalue weighted by molar-refractivity contribution is 8.13. The van der Waals surface area contributed by atoms with E-state index in [0.29, 0.717) is 0 Å². The van der Waals surface area contributed by atoms with Crippen molar-refractivity contribution in [3.8, 4) is 0 Å². The lowest BCUT2D eigenvalue weighted by atomic mass is 10.0. The van der Waals surface area contributed by atoms with Crippen LogP contribution in [-0.4, -0.2) is 16.8 Å². The van der Waals surface area contributed by atoms with E-state index in [2.05, 4.69) is 0 Å². The van der Waals surface area contributed by atoms with Crippen LogP contribution >= 0.6 is 10.7 Å². The fraction of sp³-hybridized carbons (Fsp3) is 0.200. The van der Waals surface area contributed by atoms with Crippen LogP contribution in [0.25, 0.3) is 0 Å². The zero-order valence-corrected chi connectivity index (χ0v) is 14.4. The molecule has 0 amide bonds. The third-order valence-corrected chi connectivity index (χ3v) is 6.42. The van der Waals surface area contributed by atoms with Gasteiger partial charge in [-0.1, -0.05) is 38.1 Å². The molecule has 2 rings (SSSR count).